The van der Waals surface area contributed by atoms with E-state index in [-0.39, 0.29) is 17.4 Å². The molecule has 0 amide bonds. The molecule has 7 nitrogen and oxygen atoms in total. The van der Waals surface area contributed by atoms with Crippen LogP contribution in [-0.2, 0) is 0 Å². The van der Waals surface area contributed by atoms with Crippen molar-refractivity contribution in [1.29, 1.82) is 0 Å². The van der Waals surface area contributed by atoms with Crippen molar-refractivity contribution in [3.05, 3.63) is 63.2 Å². The van der Waals surface area contributed by atoms with E-state index in [0.717, 1.165) is 10.0 Å². The van der Waals surface area contributed by atoms with Gasteiger partial charge in [-0.05, 0) is 59.2 Å². The highest BCUT2D eigenvalue weighted by Gasteiger charge is 2.19. The summed E-state index contributed by atoms with van der Waals surface area (Å²) in [6, 6.07) is 12.2. The van der Waals surface area contributed by atoms with Crippen LogP contribution in [0, 0.1) is 6.92 Å². The second kappa shape index (κ2) is 7.64. The van der Waals surface area contributed by atoms with Crippen molar-refractivity contribution >= 4 is 39.1 Å². The summed E-state index contributed by atoms with van der Waals surface area (Å²) in [7, 11) is 0. The minimum atomic E-state index is 0.0287. The average Bonchev–Trinajstić information content (AvgIpc) is 3.06. The number of aryl methyl sites for hydroxylation is 1. The molecule has 0 spiro atoms. The fourth-order valence-electron chi connectivity index (χ4n) is 1.92. The van der Waals surface area contributed by atoms with Crippen LogP contribution >= 0.6 is 27.5 Å². The van der Waals surface area contributed by atoms with Gasteiger partial charge in [0.05, 0.1) is 5.69 Å². The summed E-state index contributed by atoms with van der Waals surface area (Å²) >= 11 is 9.28. The van der Waals surface area contributed by atoms with E-state index in [1.807, 2.05) is 18.5 Å². The van der Waals surface area contributed by atoms with Crippen LogP contribution in [0.4, 0.5) is 5.69 Å². The standard InChI is InChI=1S/C16H12BrClN4O3/c1-9-2-5-11(8-13(9)17)19-15(20-23)14-16(22-25-21-14)24-12-6-3-10(18)4-7-12/h2-8,23H,1H3,(H,19,20). The van der Waals surface area contributed by atoms with Gasteiger partial charge >= 0.3 is 0 Å². The summed E-state index contributed by atoms with van der Waals surface area (Å²) in [4.78, 5) is 4.30. The van der Waals surface area contributed by atoms with E-state index in [0.29, 0.717) is 16.5 Å². The number of aliphatic imine (C=N–C) groups is 1. The van der Waals surface area contributed by atoms with Gasteiger partial charge in [0.15, 0.2) is 5.84 Å². The fourth-order valence-corrected chi connectivity index (χ4v) is 2.41. The van der Waals surface area contributed by atoms with Crippen LogP contribution in [0.2, 0.25) is 5.02 Å². The molecule has 0 saturated heterocycles. The minimum absolute atomic E-state index is 0.0287. The van der Waals surface area contributed by atoms with Gasteiger partial charge in [0.25, 0.3) is 5.88 Å². The summed E-state index contributed by atoms with van der Waals surface area (Å²) in [5, 5.41) is 17.4. The summed E-state index contributed by atoms with van der Waals surface area (Å²) in [5.74, 6) is 0.562. The molecule has 3 aromatic rings. The van der Waals surface area contributed by atoms with Gasteiger partial charge in [-0.2, -0.15) is 0 Å². The molecular formula is C16H12BrClN4O3. The van der Waals surface area contributed by atoms with E-state index in [9.17, 15) is 5.21 Å². The Balaban J connectivity index is 1.91. The Morgan fingerprint density at radius 3 is 2.68 bits per heavy atom. The lowest BCUT2D eigenvalue weighted by Gasteiger charge is -2.05. The van der Waals surface area contributed by atoms with Gasteiger partial charge in [0, 0.05) is 9.50 Å². The van der Waals surface area contributed by atoms with Crippen molar-refractivity contribution in [3.8, 4) is 11.6 Å². The molecule has 0 aliphatic carbocycles. The Kier molecular flexibility index (Phi) is 5.32. The predicted molar refractivity (Wildman–Crippen MR) is 95.8 cm³/mol. The molecule has 2 N–H and O–H groups in total. The minimum Gasteiger partial charge on any atom is -0.435 e. The lowest BCUT2D eigenvalue weighted by Crippen LogP contribution is -2.21. The monoisotopic (exact) mass is 422 g/mol. The Hall–Kier alpha value is -2.42. The lowest BCUT2D eigenvalue weighted by atomic mass is 10.2. The van der Waals surface area contributed by atoms with Gasteiger partial charge in [0.2, 0.25) is 5.69 Å². The normalized spacial score (nSPS) is 11.4. The molecule has 9 heteroatoms. The number of nitrogens with zero attached hydrogens (tertiary/aromatic N) is 3. The molecule has 1 aromatic heterocycles. The maximum atomic E-state index is 9.44. The predicted octanol–water partition coefficient (Wildman–Crippen LogP) is 4.64. The van der Waals surface area contributed by atoms with E-state index in [2.05, 4.69) is 31.2 Å². The number of benzene rings is 2. The number of nitrogens with one attached hydrogen (secondary N) is 1. The van der Waals surface area contributed by atoms with Crippen molar-refractivity contribution < 1.29 is 14.6 Å². The second-order valence-corrected chi connectivity index (χ2v) is 6.27. The first-order valence-electron chi connectivity index (χ1n) is 7.08. The maximum Gasteiger partial charge on any atom is 0.292 e. The first kappa shape index (κ1) is 17.4. The van der Waals surface area contributed by atoms with Crippen molar-refractivity contribution in [2.75, 3.05) is 0 Å². The van der Waals surface area contributed by atoms with Crippen molar-refractivity contribution in [1.82, 2.24) is 15.8 Å². The van der Waals surface area contributed by atoms with E-state index in [4.69, 9.17) is 21.0 Å². The fraction of sp³-hybridized carbons (Fsp3) is 0.0625. The molecule has 0 fully saturated rings. The molecule has 0 atom stereocenters. The van der Waals surface area contributed by atoms with E-state index in [1.54, 1.807) is 36.4 Å². The molecule has 0 saturated carbocycles. The van der Waals surface area contributed by atoms with Crippen LogP contribution < -0.4 is 10.2 Å². The molecule has 25 heavy (non-hydrogen) atoms. The quantitative estimate of drug-likeness (QED) is 0.361. The molecule has 1 heterocycles. The van der Waals surface area contributed by atoms with E-state index in [1.165, 1.54) is 0 Å². The summed E-state index contributed by atoms with van der Waals surface area (Å²) in [6.45, 7) is 1.96. The second-order valence-electron chi connectivity index (χ2n) is 4.98. The van der Waals surface area contributed by atoms with Gasteiger partial charge in [-0.3, -0.25) is 10.7 Å². The van der Waals surface area contributed by atoms with Crippen molar-refractivity contribution in [3.63, 3.8) is 0 Å². The largest absolute Gasteiger partial charge is 0.435 e. The Morgan fingerprint density at radius 1 is 1.24 bits per heavy atom. The third-order valence-corrected chi connectivity index (χ3v) is 4.32. The summed E-state index contributed by atoms with van der Waals surface area (Å²) in [6.07, 6.45) is 0. The number of rotatable bonds is 4. The van der Waals surface area contributed by atoms with E-state index >= 15 is 0 Å². The maximum absolute atomic E-state index is 9.44. The Labute approximate surface area is 156 Å². The summed E-state index contributed by atoms with van der Waals surface area (Å²) in [5.41, 5.74) is 3.77. The van der Waals surface area contributed by atoms with Crippen molar-refractivity contribution in [2.24, 2.45) is 4.99 Å². The lowest BCUT2D eigenvalue weighted by molar-refractivity contribution is 0.234. The molecule has 2 aromatic carbocycles. The highest BCUT2D eigenvalue weighted by Crippen LogP contribution is 2.26. The van der Waals surface area contributed by atoms with Crippen LogP contribution in [0.1, 0.15) is 11.3 Å². The third kappa shape index (κ3) is 4.16. The number of aromatic nitrogens is 2. The zero-order chi connectivity index (χ0) is 17.8. The van der Waals surface area contributed by atoms with Gasteiger partial charge in [-0.25, -0.2) is 9.62 Å². The number of amidine groups is 1. The number of halogens is 2. The van der Waals surface area contributed by atoms with E-state index < -0.39 is 0 Å². The highest BCUT2D eigenvalue weighted by molar-refractivity contribution is 9.10. The molecule has 0 radical (unpaired) electrons. The zero-order valence-corrected chi connectivity index (χ0v) is 15.2. The Bertz CT molecular complexity index is 912. The molecule has 128 valence electrons. The summed E-state index contributed by atoms with van der Waals surface area (Å²) < 4.78 is 11.2. The number of hydroxylamine groups is 1. The number of hydrogen-bond donors (Lipinski definition) is 2. The van der Waals surface area contributed by atoms with Crippen LogP contribution in [0.3, 0.4) is 0 Å². The first-order valence-corrected chi connectivity index (χ1v) is 8.25. The van der Waals surface area contributed by atoms with Gasteiger partial charge in [0.1, 0.15) is 5.75 Å². The molecule has 0 bridgehead atoms. The van der Waals surface area contributed by atoms with Crippen molar-refractivity contribution in [2.45, 2.75) is 6.92 Å². The van der Waals surface area contributed by atoms with Gasteiger partial charge < -0.3 is 4.74 Å². The molecule has 0 unspecified atom stereocenters. The number of hydrogen-bond acceptors (Lipinski definition) is 6. The van der Waals surface area contributed by atoms with Crippen LogP contribution in [0.25, 0.3) is 0 Å². The van der Waals surface area contributed by atoms with Crippen LogP contribution in [0.15, 0.2) is 56.6 Å². The Morgan fingerprint density at radius 2 is 2.00 bits per heavy atom. The highest BCUT2D eigenvalue weighted by atomic mass is 79.9. The average molecular weight is 424 g/mol. The zero-order valence-electron chi connectivity index (χ0n) is 12.9. The first-order chi connectivity index (χ1) is 12.1. The third-order valence-electron chi connectivity index (χ3n) is 3.21. The molecule has 3 rings (SSSR count). The van der Waals surface area contributed by atoms with Gasteiger partial charge in [-0.1, -0.05) is 33.6 Å². The van der Waals surface area contributed by atoms with Gasteiger partial charge in [-0.15, -0.1) is 0 Å². The number of ether oxygens (including phenoxy) is 1. The smallest absolute Gasteiger partial charge is 0.292 e. The topological polar surface area (TPSA) is 92.8 Å². The SMILES string of the molecule is Cc1ccc(N=C(NO)c2nonc2Oc2ccc(Cl)cc2)cc1Br. The molecule has 0 aliphatic rings. The van der Waals surface area contributed by atoms with Crippen LogP contribution in [0.5, 0.6) is 11.6 Å². The van der Waals surface area contributed by atoms with Crippen LogP contribution in [-0.4, -0.2) is 21.4 Å². The molecule has 0 aliphatic heterocycles. The molecular weight excluding hydrogens is 412 g/mol.